The van der Waals surface area contributed by atoms with Crippen LogP contribution < -0.4 is 0 Å². The maximum Gasteiger partial charge on any atom is 0.133 e. The van der Waals surface area contributed by atoms with Gasteiger partial charge in [0.1, 0.15) is 5.78 Å². The van der Waals surface area contributed by atoms with Gasteiger partial charge in [0.2, 0.25) is 0 Å². The lowest BCUT2D eigenvalue weighted by atomic mass is 9.80. The van der Waals surface area contributed by atoms with Crippen molar-refractivity contribution in [1.29, 1.82) is 0 Å². The van der Waals surface area contributed by atoms with E-state index in [0.29, 0.717) is 5.78 Å². The molecule has 1 aromatic carbocycles. The van der Waals surface area contributed by atoms with Crippen LogP contribution in [0.3, 0.4) is 0 Å². The highest BCUT2D eigenvalue weighted by atomic mass is 16.1. The van der Waals surface area contributed by atoms with Crippen LogP contribution in [0.4, 0.5) is 0 Å². The summed E-state index contributed by atoms with van der Waals surface area (Å²) in [6, 6.07) is 6.42. The van der Waals surface area contributed by atoms with Crippen LogP contribution in [0, 0.1) is 12.8 Å². The number of fused-ring (bicyclic) bond motifs is 1. The second-order valence-electron chi connectivity index (χ2n) is 4.26. The summed E-state index contributed by atoms with van der Waals surface area (Å²) >= 11 is 0. The van der Waals surface area contributed by atoms with Crippen LogP contribution in [0.25, 0.3) is 0 Å². The van der Waals surface area contributed by atoms with Crippen LogP contribution >= 0.6 is 0 Å². The van der Waals surface area contributed by atoms with Gasteiger partial charge in [0.25, 0.3) is 0 Å². The lowest BCUT2D eigenvalue weighted by Gasteiger charge is -2.23. The molecule has 1 aromatic rings. The summed E-state index contributed by atoms with van der Waals surface area (Å²) in [6.45, 7) is 3.87. The number of hydrogen-bond donors (Lipinski definition) is 0. The largest absolute Gasteiger partial charge is 0.300 e. The van der Waals surface area contributed by atoms with Crippen molar-refractivity contribution in [2.75, 3.05) is 0 Å². The van der Waals surface area contributed by atoms with E-state index in [1.807, 2.05) is 0 Å². The summed E-state index contributed by atoms with van der Waals surface area (Å²) in [7, 11) is 0. The predicted molar refractivity (Wildman–Crippen MR) is 57.4 cm³/mol. The number of aryl methyl sites for hydroxylation is 1. The van der Waals surface area contributed by atoms with E-state index in [0.717, 1.165) is 19.3 Å². The van der Waals surface area contributed by atoms with Gasteiger partial charge in [-0.25, -0.2) is 0 Å². The highest BCUT2D eigenvalue weighted by Gasteiger charge is 2.22. The van der Waals surface area contributed by atoms with E-state index >= 15 is 0 Å². The Kier molecular flexibility index (Phi) is 2.40. The molecular weight excluding hydrogens is 172 g/mol. The van der Waals surface area contributed by atoms with Crippen LogP contribution in [0.5, 0.6) is 0 Å². The number of carbonyl (C=O) groups excluding carboxylic acids is 1. The maximum atomic E-state index is 11.3. The molecule has 1 heteroatoms. The van der Waals surface area contributed by atoms with Gasteiger partial charge in [-0.3, -0.25) is 4.79 Å². The second-order valence-corrected chi connectivity index (χ2v) is 4.26. The molecule has 1 nitrogen and oxygen atoms in total. The Bertz CT molecular complexity index is 365. The molecule has 0 bridgehead atoms. The standard InChI is InChI=1S/C13H16O/c1-9-4-3-5-12-8-11(10(2)14)6-7-13(9)12/h3-5,11H,6-8H2,1-2H3. The van der Waals surface area contributed by atoms with Crippen LogP contribution in [0.2, 0.25) is 0 Å². The highest BCUT2D eigenvalue weighted by Crippen LogP contribution is 2.28. The molecule has 14 heavy (non-hydrogen) atoms. The Morgan fingerprint density at radius 3 is 2.93 bits per heavy atom. The number of carbonyl (C=O) groups is 1. The molecule has 0 amide bonds. The smallest absolute Gasteiger partial charge is 0.133 e. The van der Waals surface area contributed by atoms with Gasteiger partial charge >= 0.3 is 0 Å². The Labute approximate surface area is 85.1 Å². The molecule has 1 aliphatic carbocycles. The van der Waals surface area contributed by atoms with Crippen molar-refractivity contribution in [3.8, 4) is 0 Å². The molecule has 0 radical (unpaired) electrons. The van der Waals surface area contributed by atoms with Gasteiger partial charge in [-0.2, -0.15) is 0 Å². The summed E-state index contributed by atoms with van der Waals surface area (Å²) in [4.78, 5) is 11.3. The molecule has 2 rings (SSSR count). The lowest BCUT2D eigenvalue weighted by Crippen LogP contribution is -2.20. The molecule has 1 atom stereocenters. The van der Waals surface area contributed by atoms with Gasteiger partial charge in [0.05, 0.1) is 0 Å². The van der Waals surface area contributed by atoms with Crippen LogP contribution in [0.1, 0.15) is 30.0 Å². The normalized spacial score (nSPS) is 20.3. The van der Waals surface area contributed by atoms with Crippen molar-refractivity contribution in [2.45, 2.75) is 33.1 Å². The molecule has 0 aromatic heterocycles. The lowest BCUT2D eigenvalue weighted by molar-refractivity contribution is -0.121. The number of benzene rings is 1. The molecule has 0 heterocycles. The fourth-order valence-electron chi connectivity index (χ4n) is 2.35. The van der Waals surface area contributed by atoms with Gasteiger partial charge in [-0.05, 0) is 49.8 Å². The molecule has 0 fully saturated rings. The fourth-order valence-corrected chi connectivity index (χ4v) is 2.35. The monoisotopic (exact) mass is 188 g/mol. The third-order valence-corrected chi connectivity index (χ3v) is 3.29. The van der Waals surface area contributed by atoms with Crippen molar-refractivity contribution in [3.63, 3.8) is 0 Å². The van der Waals surface area contributed by atoms with Crippen molar-refractivity contribution in [2.24, 2.45) is 5.92 Å². The van der Waals surface area contributed by atoms with E-state index in [9.17, 15) is 4.79 Å². The minimum atomic E-state index is 0.268. The summed E-state index contributed by atoms with van der Waals surface area (Å²) in [5.74, 6) is 0.612. The van der Waals surface area contributed by atoms with Crippen molar-refractivity contribution in [3.05, 3.63) is 34.9 Å². The Hall–Kier alpha value is -1.11. The van der Waals surface area contributed by atoms with E-state index in [-0.39, 0.29) is 5.92 Å². The first-order valence-electron chi connectivity index (χ1n) is 5.26. The third kappa shape index (κ3) is 1.59. The summed E-state index contributed by atoms with van der Waals surface area (Å²) in [6.07, 6.45) is 3.06. The number of Topliss-reactive ketones (excluding diaryl/α,β-unsaturated/α-hetero) is 1. The van der Waals surface area contributed by atoms with E-state index < -0.39 is 0 Å². The number of rotatable bonds is 1. The van der Waals surface area contributed by atoms with Gasteiger partial charge in [0.15, 0.2) is 0 Å². The van der Waals surface area contributed by atoms with Gasteiger partial charge in [-0.15, -0.1) is 0 Å². The number of hydrogen-bond acceptors (Lipinski definition) is 1. The summed E-state index contributed by atoms with van der Waals surface area (Å²) in [5, 5.41) is 0. The SMILES string of the molecule is CC(=O)C1CCc2c(C)cccc2C1. The van der Waals surface area contributed by atoms with Crippen molar-refractivity contribution < 1.29 is 4.79 Å². The molecule has 1 unspecified atom stereocenters. The first-order valence-corrected chi connectivity index (χ1v) is 5.26. The van der Waals surface area contributed by atoms with Crippen LogP contribution in [-0.2, 0) is 17.6 Å². The zero-order chi connectivity index (χ0) is 10.1. The molecule has 0 aliphatic heterocycles. The molecule has 0 saturated carbocycles. The molecule has 0 N–H and O–H groups in total. The minimum Gasteiger partial charge on any atom is -0.300 e. The minimum absolute atomic E-state index is 0.268. The zero-order valence-electron chi connectivity index (χ0n) is 8.84. The Balaban J connectivity index is 2.31. The summed E-state index contributed by atoms with van der Waals surface area (Å²) < 4.78 is 0. The maximum absolute atomic E-state index is 11.3. The molecular formula is C13H16O. The van der Waals surface area contributed by atoms with E-state index in [4.69, 9.17) is 0 Å². The summed E-state index contributed by atoms with van der Waals surface area (Å²) in [5.41, 5.74) is 4.24. The van der Waals surface area contributed by atoms with Crippen molar-refractivity contribution in [1.82, 2.24) is 0 Å². The van der Waals surface area contributed by atoms with E-state index in [2.05, 4.69) is 25.1 Å². The quantitative estimate of drug-likeness (QED) is 0.662. The fraction of sp³-hybridized carbons (Fsp3) is 0.462. The Morgan fingerprint density at radius 1 is 1.43 bits per heavy atom. The molecule has 0 spiro atoms. The predicted octanol–water partition coefficient (Wildman–Crippen LogP) is 2.69. The van der Waals surface area contributed by atoms with Crippen molar-refractivity contribution >= 4 is 5.78 Å². The number of ketones is 1. The first-order chi connectivity index (χ1) is 6.68. The first kappa shape index (κ1) is 9.45. The third-order valence-electron chi connectivity index (χ3n) is 3.29. The van der Waals surface area contributed by atoms with E-state index in [1.54, 1.807) is 6.92 Å². The topological polar surface area (TPSA) is 17.1 Å². The molecule has 0 saturated heterocycles. The van der Waals surface area contributed by atoms with Crippen LogP contribution in [-0.4, -0.2) is 5.78 Å². The molecule has 74 valence electrons. The zero-order valence-corrected chi connectivity index (χ0v) is 8.84. The average molecular weight is 188 g/mol. The highest BCUT2D eigenvalue weighted by molar-refractivity contribution is 5.79. The van der Waals surface area contributed by atoms with E-state index in [1.165, 1.54) is 16.7 Å². The average Bonchev–Trinajstić information content (AvgIpc) is 2.17. The second kappa shape index (κ2) is 3.56. The van der Waals surface area contributed by atoms with Crippen LogP contribution in [0.15, 0.2) is 18.2 Å². The molecule has 1 aliphatic rings. The van der Waals surface area contributed by atoms with Gasteiger partial charge in [-0.1, -0.05) is 18.2 Å². The Morgan fingerprint density at radius 2 is 2.21 bits per heavy atom. The van der Waals surface area contributed by atoms with Gasteiger partial charge < -0.3 is 0 Å². The van der Waals surface area contributed by atoms with Gasteiger partial charge in [0, 0.05) is 5.92 Å².